The Balaban J connectivity index is 2.15. The van der Waals surface area contributed by atoms with E-state index in [2.05, 4.69) is 22.4 Å². The van der Waals surface area contributed by atoms with Crippen LogP contribution in [0.15, 0.2) is 29.6 Å². The van der Waals surface area contributed by atoms with Crippen LogP contribution in [0.1, 0.15) is 22.0 Å². The van der Waals surface area contributed by atoms with E-state index in [-0.39, 0.29) is 11.8 Å². The van der Waals surface area contributed by atoms with Gasteiger partial charge in [-0.15, -0.1) is 11.3 Å². The number of phenols is 1. The summed E-state index contributed by atoms with van der Waals surface area (Å²) in [6, 6.07) is 9.49. The fraction of sp³-hybridized carbons (Fsp3) is 0.353. The Morgan fingerprint density at radius 2 is 2.13 bits per heavy atom. The summed E-state index contributed by atoms with van der Waals surface area (Å²) >= 11 is 1.64. The van der Waals surface area contributed by atoms with E-state index in [0.29, 0.717) is 16.9 Å². The first kappa shape index (κ1) is 15.8. The number of benzene rings is 1. The molecule has 0 spiro atoms. The molecule has 1 aromatic carbocycles. The maximum atomic E-state index is 10.7. The lowest BCUT2D eigenvalue weighted by Crippen LogP contribution is -2.45. The van der Waals surface area contributed by atoms with Crippen LogP contribution in [0.4, 0.5) is 0 Å². The summed E-state index contributed by atoms with van der Waals surface area (Å²) in [4.78, 5) is 3.42. The van der Waals surface area contributed by atoms with Gasteiger partial charge in [0.1, 0.15) is 0 Å². The van der Waals surface area contributed by atoms with Crippen LogP contribution in [-0.4, -0.2) is 43.3 Å². The van der Waals surface area contributed by atoms with Gasteiger partial charge < -0.3 is 15.2 Å². The first-order valence-electron chi connectivity index (χ1n) is 7.54. The lowest BCUT2D eigenvalue weighted by atomic mass is 9.96. The SMILES string of the molecule is COc1ccc(C#N)c([C@H](c2cccs2)N2CCNCC2)c1O. The van der Waals surface area contributed by atoms with Crippen molar-refractivity contribution in [3.05, 3.63) is 45.6 Å². The molecule has 1 aliphatic rings. The molecule has 2 N–H and O–H groups in total. The van der Waals surface area contributed by atoms with Crippen molar-refractivity contribution < 1.29 is 9.84 Å². The summed E-state index contributed by atoms with van der Waals surface area (Å²) in [7, 11) is 1.52. The van der Waals surface area contributed by atoms with Gasteiger partial charge in [0.2, 0.25) is 0 Å². The molecular weight excluding hydrogens is 310 g/mol. The molecule has 0 amide bonds. The maximum absolute atomic E-state index is 10.7. The van der Waals surface area contributed by atoms with Crippen LogP contribution in [0, 0.1) is 11.3 Å². The highest BCUT2D eigenvalue weighted by Crippen LogP contribution is 2.42. The number of thiophene rings is 1. The number of nitriles is 1. The minimum atomic E-state index is -0.137. The van der Waals surface area contributed by atoms with Gasteiger partial charge in [-0.2, -0.15) is 5.26 Å². The minimum Gasteiger partial charge on any atom is -0.504 e. The Labute approximate surface area is 139 Å². The molecule has 1 saturated heterocycles. The molecule has 6 heteroatoms. The molecule has 2 heterocycles. The van der Waals surface area contributed by atoms with Crippen LogP contribution in [-0.2, 0) is 0 Å². The van der Waals surface area contributed by atoms with Crippen molar-refractivity contribution in [2.24, 2.45) is 0 Å². The van der Waals surface area contributed by atoms with Crippen LogP contribution in [0.5, 0.6) is 11.5 Å². The number of aromatic hydroxyl groups is 1. The predicted molar refractivity (Wildman–Crippen MR) is 90.0 cm³/mol. The molecule has 1 fully saturated rings. The highest BCUT2D eigenvalue weighted by Gasteiger charge is 2.30. The number of piperazine rings is 1. The van der Waals surface area contributed by atoms with Gasteiger partial charge in [0, 0.05) is 36.6 Å². The summed E-state index contributed by atoms with van der Waals surface area (Å²) in [6.07, 6.45) is 0. The lowest BCUT2D eigenvalue weighted by Gasteiger charge is -2.35. The number of nitrogens with zero attached hydrogens (tertiary/aromatic N) is 2. The normalized spacial score (nSPS) is 16.7. The summed E-state index contributed by atoms with van der Waals surface area (Å²) < 4.78 is 5.25. The molecule has 1 atom stereocenters. The number of hydrogen-bond donors (Lipinski definition) is 2. The van der Waals surface area contributed by atoms with E-state index in [1.807, 2.05) is 11.4 Å². The number of phenolic OH excluding ortho intramolecular Hbond substituents is 1. The average Bonchev–Trinajstić information content (AvgIpc) is 3.11. The minimum absolute atomic E-state index is 0.0588. The molecule has 0 saturated carbocycles. The molecule has 0 aliphatic carbocycles. The van der Waals surface area contributed by atoms with Crippen LogP contribution >= 0.6 is 11.3 Å². The monoisotopic (exact) mass is 329 g/mol. The van der Waals surface area contributed by atoms with Crippen molar-refractivity contribution in [3.63, 3.8) is 0 Å². The summed E-state index contributed by atoms with van der Waals surface area (Å²) in [5.74, 6) is 0.458. The number of methoxy groups -OCH3 is 1. The zero-order valence-corrected chi connectivity index (χ0v) is 13.8. The molecule has 1 aliphatic heterocycles. The molecule has 23 heavy (non-hydrogen) atoms. The Kier molecular flexibility index (Phi) is 4.82. The number of nitrogens with one attached hydrogen (secondary N) is 1. The Morgan fingerprint density at radius 1 is 1.35 bits per heavy atom. The Bertz CT molecular complexity index is 703. The summed E-state index contributed by atoms with van der Waals surface area (Å²) in [6.45, 7) is 3.52. The van der Waals surface area contributed by atoms with Crippen LogP contribution in [0.3, 0.4) is 0 Å². The molecule has 0 unspecified atom stereocenters. The first-order valence-corrected chi connectivity index (χ1v) is 8.42. The van der Waals surface area contributed by atoms with Crippen LogP contribution < -0.4 is 10.1 Å². The van der Waals surface area contributed by atoms with Gasteiger partial charge in [-0.3, -0.25) is 4.90 Å². The molecule has 0 bridgehead atoms. The van der Waals surface area contributed by atoms with E-state index in [9.17, 15) is 10.4 Å². The van der Waals surface area contributed by atoms with Crippen molar-refractivity contribution >= 4 is 11.3 Å². The van der Waals surface area contributed by atoms with Crippen molar-refractivity contribution in [2.75, 3.05) is 33.3 Å². The summed E-state index contributed by atoms with van der Waals surface area (Å²) in [5, 5.41) is 25.6. The van der Waals surface area contributed by atoms with Crippen LogP contribution in [0.2, 0.25) is 0 Å². The molecule has 5 nitrogen and oxygen atoms in total. The van der Waals surface area contributed by atoms with Gasteiger partial charge in [-0.25, -0.2) is 0 Å². The highest BCUT2D eigenvalue weighted by atomic mass is 32.1. The number of rotatable bonds is 4. The van der Waals surface area contributed by atoms with Crippen molar-refractivity contribution in [2.45, 2.75) is 6.04 Å². The molecule has 0 radical (unpaired) electrons. The Morgan fingerprint density at radius 3 is 2.74 bits per heavy atom. The number of ether oxygens (including phenoxy) is 1. The zero-order chi connectivity index (χ0) is 16.2. The van der Waals surface area contributed by atoms with Gasteiger partial charge in [-0.1, -0.05) is 6.07 Å². The van der Waals surface area contributed by atoms with E-state index < -0.39 is 0 Å². The molecule has 1 aromatic heterocycles. The van der Waals surface area contributed by atoms with Crippen molar-refractivity contribution in [1.82, 2.24) is 10.2 Å². The second-order valence-corrected chi connectivity index (χ2v) is 6.37. The second-order valence-electron chi connectivity index (χ2n) is 5.39. The molecule has 3 rings (SSSR count). The highest BCUT2D eigenvalue weighted by molar-refractivity contribution is 7.10. The Hall–Kier alpha value is -2.07. The topological polar surface area (TPSA) is 68.5 Å². The second kappa shape index (κ2) is 7.01. The van der Waals surface area contributed by atoms with Gasteiger partial charge in [0.05, 0.1) is 24.8 Å². The maximum Gasteiger partial charge on any atom is 0.164 e. The third kappa shape index (κ3) is 3.04. The third-order valence-corrected chi connectivity index (χ3v) is 5.05. The fourth-order valence-corrected chi connectivity index (χ4v) is 3.89. The van der Waals surface area contributed by atoms with E-state index in [4.69, 9.17) is 4.74 Å². The quantitative estimate of drug-likeness (QED) is 0.901. The van der Waals surface area contributed by atoms with E-state index in [1.54, 1.807) is 23.5 Å². The lowest BCUT2D eigenvalue weighted by molar-refractivity contribution is 0.197. The standard InChI is InChI=1S/C17H19N3O2S/c1-22-13-5-4-12(11-18)15(17(13)21)16(14-3-2-10-23-14)20-8-6-19-7-9-20/h2-5,10,16,19,21H,6-9H2,1H3/t16-/m0/s1. The molecule has 120 valence electrons. The smallest absolute Gasteiger partial charge is 0.164 e. The van der Waals surface area contributed by atoms with Crippen molar-refractivity contribution in [3.8, 4) is 17.6 Å². The van der Waals surface area contributed by atoms with Crippen molar-refractivity contribution in [1.29, 1.82) is 5.26 Å². The van der Waals surface area contributed by atoms with E-state index in [1.165, 1.54) is 7.11 Å². The third-order valence-electron chi connectivity index (χ3n) is 4.12. The summed E-state index contributed by atoms with van der Waals surface area (Å²) in [5.41, 5.74) is 1.12. The van der Waals surface area contributed by atoms with Gasteiger partial charge in [0.15, 0.2) is 11.5 Å². The average molecular weight is 329 g/mol. The fourth-order valence-electron chi connectivity index (χ4n) is 3.02. The van der Waals surface area contributed by atoms with Gasteiger partial charge >= 0.3 is 0 Å². The van der Waals surface area contributed by atoms with Gasteiger partial charge in [-0.05, 0) is 23.6 Å². The predicted octanol–water partition coefficient (Wildman–Crippen LogP) is 2.33. The molecular formula is C17H19N3O2S. The number of hydrogen-bond acceptors (Lipinski definition) is 6. The first-order chi connectivity index (χ1) is 11.3. The van der Waals surface area contributed by atoms with Crippen LogP contribution in [0.25, 0.3) is 0 Å². The van der Waals surface area contributed by atoms with E-state index >= 15 is 0 Å². The van der Waals surface area contributed by atoms with Gasteiger partial charge in [0.25, 0.3) is 0 Å². The zero-order valence-electron chi connectivity index (χ0n) is 13.0. The van der Waals surface area contributed by atoms with E-state index in [0.717, 1.165) is 31.1 Å². The largest absolute Gasteiger partial charge is 0.504 e. The molecule has 2 aromatic rings.